The zero-order chi connectivity index (χ0) is 15.6. The largest absolute Gasteiger partial charge is 0.276 e. The third-order valence-electron chi connectivity index (χ3n) is 3.82. The van der Waals surface area contributed by atoms with Gasteiger partial charge in [-0.25, -0.2) is 0 Å². The highest BCUT2D eigenvalue weighted by atomic mass is 32.2. The van der Waals surface area contributed by atoms with Gasteiger partial charge in [-0.15, -0.1) is 0 Å². The highest BCUT2D eigenvalue weighted by Crippen LogP contribution is 2.21. The monoisotopic (exact) mass is 314 g/mol. The number of benzene rings is 2. The van der Waals surface area contributed by atoms with Crippen LogP contribution in [0.5, 0.6) is 0 Å². The van der Waals surface area contributed by atoms with E-state index in [9.17, 15) is 8.42 Å². The minimum Gasteiger partial charge on any atom is -0.200 e. The van der Waals surface area contributed by atoms with Crippen LogP contribution in [0.25, 0.3) is 0 Å². The fraction of sp³-hybridized carbons (Fsp3) is 0.235. The van der Waals surface area contributed by atoms with Crippen LogP contribution in [0.1, 0.15) is 29.5 Å². The maximum Gasteiger partial charge on any atom is 0.276 e. The van der Waals surface area contributed by atoms with Gasteiger partial charge in [0.15, 0.2) is 0 Å². The normalized spacial score (nSPS) is 16.3. The molecule has 0 saturated heterocycles. The van der Waals surface area contributed by atoms with Crippen LogP contribution in [-0.4, -0.2) is 14.1 Å². The first-order valence-electron chi connectivity index (χ1n) is 7.29. The molecule has 0 saturated carbocycles. The number of aryl methyl sites for hydroxylation is 2. The third-order valence-corrected chi connectivity index (χ3v) is 5.04. The maximum atomic E-state index is 12.3. The third kappa shape index (κ3) is 3.04. The van der Waals surface area contributed by atoms with Gasteiger partial charge in [-0.1, -0.05) is 42.0 Å². The van der Waals surface area contributed by atoms with Gasteiger partial charge in [-0.05, 0) is 43.9 Å². The Morgan fingerprint density at radius 3 is 2.50 bits per heavy atom. The molecule has 2 aromatic carbocycles. The molecular formula is C17H18N2O2S. The summed E-state index contributed by atoms with van der Waals surface area (Å²) in [6.45, 7) is 1.92. The van der Waals surface area contributed by atoms with Crippen LogP contribution in [0, 0.1) is 6.92 Å². The second-order valence-corrected chi connectivity index (χ2v) is 7.14. The van der Waals surface area contributed by atoms with Crippen LogP contribution in [0.15, 0.2) is 58.5 Å². The molecule has 0 unspecified atom stereocenters. The average molecular weight is 314 g/mol. The highest BCUT2D eigenvalue weighted by Gasteiger charge is 2.17. The molecule has 0 fully saturated rings. The minimum atomic E-state index is -3.62. The van der Waals surface area contributed by atoms with Crippen molar-refractivity contribution in [1.82, 2.24) is 4.83 Å². The predicted molar refractivity (Wildman–Crippen MR) is 87.4 cm³/mol. The maximum absolute atomic E-state index is 12.3. The molecular weight excluding hydrogens is 296 g/mol. The van der Waals surface area contributed by atoms with Gasteiger partial charge in [0.2, 0.25) is 0 Å². The lowest BCUT2D eigenvalue weighted by Gasteiger charge is -2.17. The number of nitrogens with one attached hydrogen (secondary N) is 1. The molecule has 114 valence electrons. The van der Waals surface area contributed by atoms with E-state index in [2.05, 4.69) is 16.0 Å². The molecule has 0 radical (unpaired) electrons. The Bertz CT molecular complexity index is 809. The van der Waals surface area contributed by atoms with Gasteiger partial charge >= 0.3 is 0 Å². The predicted octanol–water partition coefficient (Wildman–Crippen LogP) is 3.01. The fourth-order valence-electron chi connectivity index (χ4n) is 2.60. The lowest BCUT2D eigenvalue weighted by Crippen LogP contribution is -2.22. The van der Waals surface area contributed by atoms with Crippen molar-refractivity contribution in [2.24, 2.45) is 5.10 Å². The van der Waals surface area contributed by atoms with E-state index in [1.54, 1.807) is 24.3 Å². The number of hydrazone groups is 1. The Kier molecular flexibility index (Phi) is 3.98. The number of rotatable bonds is 3. The molecule has 1 aliphatic carbocycles. The van der Waals surface area contributed by atoms with Crippen LogP contribution in [0.2, 0.25) is 0 Å². The lowest BCUT2D eigenvalue weighted by molar-refractivity contribution is 0.584. The molecule has 4 nitrogen and oxygen atoms in total. The first-order chi connectivity index (χ1) is 10.6. The van der Waals surface area contributed by atoms with Gasteiger partial charge in [0.05, 0.1) is 10.6 Å². The first-order valence-corrected chi connectivity index (χ1v) is 8.78. The second-order valence-electron chi connectivity index (χ2n) is 5.48. The summed E-state index contributed by atoms with van der Waals surface area (Å²) in [6.07, 6.45) is 2.79. The molecule has 0 heterocycles. The zero-order valence-corrected chi connectivity index (χ0v) is 13.2. The van der Waals surface area contributed by atoms with E-state index in [4.69, 9.17) is 0 Å². The van der Waals surface area contributed by atoms with Gasteiger partial charge in [-0.2, -0.15) is 18.4 Å². The van der Waals surface area contributed by atoms with E-state index >= 15 is 0 Å². The van der Waals surface area contributed by atoms with Crippen molar-refractivity contribution in [2.75, 3.05) is 0 Å². The van der Waals surface area contributed by atoms with Crippen molar-refractivity contribution in [3.05, 3.63) is 65.2 Å². The molecule has 0 bridgehead atoms. The van der Waals surface area contributed by atoms with Crippen LogP contribution >= 0.6 is 0 Å². The quantitative estimate of drug-likeness (QED) is 0.885. The molecule has 0 amide bonds. The summed E-state index contributed by atoms with van der Waals surface area (Å²) in [5, 5.41) is 4.17. The SMILES string of the molecule is Cc1ccc(S(=O)(=O)N/N=C2\CCCc3ccccc32)cc1. The van der Waals surface area contributed by atoms with E-state index in [1.165, 1.54) is 5.56 Å². The van der Waals surface area contributed by atoms with Crippen molar-refractivity contribution >= 4 is 15.7 Å². The minimum absolute atomic E-state index is 0.228. The van der Waals surface area contributed by atoms with E-state index < -0.39 is 10.0 Å². The van der Waals surface area contributed by atoms with Crippen LogP contribution < -0.4 is 4.83 Å². The van der Waals surface area contributed by atoms with E-state index in [0.29, 0.717) is 0 Å². The molecule has 1 aliphatic rings. The standard InChI is InChI=1S/C17H18N2O2S/c1-13-9-11-15(12-10-13)22(20,21)19-18-17-8-4-6-14-5-2-3-7-16(14)17/h2-3,5,7,9-12,19H,4,6,8H2,1H3/b18-17+. The summed E-state index contributed by atoms with van der Waals surface area (Å²) < 4.78 is 24.6. The first kappa shape index (κ1) is 14.8. The van der Waals surface area contributed by atoms with Gasteiger partial charge in [-0.3, -0.25) is 0 Å². The smallest absolute Gasteiger partial charge is 0.200 e. The number of fused-ring (bicyclic) bond motifs is 1. The molecule has 0 spiro atoms. The Morgan fingerprint density at radius 2 is 1.73 bits per heavy atom. The summed E-state index contributed by atoms with van der Waals surface area (Å²) in [5.74, 6) is 0. The molecule has 2 aromatic rings. The topological polar surface area (TPSA) is 58.5 Å². The number of sulfonamides is 1. The van der Waals surface area contributed by atoms with Gasteiger partial charge in [0, 0.05) is 5.56 Å². The van der Waals surface area contributed by atoms with Crippen molar-refractivity contribution in [1.29, 1.82) is 0 Å². The molecule has 5 heteroatoms. The van der Waals surface area contributed by atoms with Gasteiger partial charge in [0.1, 0.15) is 0 Å². The lowest BCUT2D eigenvalue weighted by atomic mass is 9.90. The Labute approximate surface area is 130 Å². The van der Waals surface area contributed by atoms with E-state index in [1.807, 2.05) is 25.1 Å². The summed E-state index contributed by atoms with van der Waals surface area (Å²) in [7, 11) is -3.62. The van der Waals surface area contributed by atoms with Crippen LogP contribution in [-0.2, 0) is 16.4 Å². The summed E-state index contributed by atoms with van der Waals surface area (Å²) in [4.78, 5) is 2.59. The molecule has 1 N–H and O–H groups in total. The number of hydrogen-bond acceptors (Lipinski definition) is 3. The molecule has 0 aliphatic heterocycles. The summed E-state index contributed by atoms with van der Waals surface area (Å²) in [6, 6.07) is 14.7. The van der Waals surface area contributed by atoms with Gasteiger partial charge < -0.3 is 0 Å². The Balaban J connectivity index is 1.87. The van der Waals surface area contributed by atoms with Crippen molar-refractivity contribution in [3.8, 4) is 0 Å². The zero-order valence-electron chi connectivity index (χ0n) is 12.4. The summed E-state index contributed by atoms with van der Waals surface area (Å²) in [5.41, 5.74) is 4.09. The fourth-order valence-corrected chi connectivity index (χ4v) is 3.43. The van der Waals surface area contributed by atoms with Crippen LogP contribution in [0.3, 0.4) is 0 Å². The summed E-state index contributed by atoms with van der Waals surface area (Å²) >= 11 is 0. The van der Waals surface area contributed by atoms with E-state index in [0.717, 1.165) is 36.1 Å². The van der Waals surface area contributed by atoms with Crippen molar-refractivity contribution < 1.29 is 8.42 Å². The molecule has 0 aromatic heterocycles. The average Bonchev–Trinajstić information content (AvgIpc) is 2.53. The van der Waals surface area contributed by atoms with Crippen molar-refractivity contribution in [2.45, 2.75) is 31.1 Å². The second kappa shape index (κ2) is 5.93. The molecule has 0 atom stereocenters. The molecule has 3 rings (SSSR count). The van der Waals surface area contributed by atoms with Gasteiger partial charge in [0.25, 0.3) is 10.0 Å². The molecule has 22 heavy (non-hydrogen) atoms. The van der Waals surface area contributed by atoms with E-state index in [-0.39, 0.29) is 4.90 Å². The number of hydrogen-bond donors (Lipinski definition) is 1. The Morgan fingerprint density at radius 1 is 1.00 bits per heavy atom. The highest BCUT2D eigenvalue weighted by molar-refractivity contribution is 7.89. The number of nitrogens with zero attached hydrogens (tertiary/aromatic N) is 1. The van der Waals surface area contributed by atoms with Crippen LogP contribution in [0.4, 0.5) is 0 Å². The van der Waals surface area contributed by atoms with Crippen molar-refractivity contribution in [3.63, 3.8) is 0 Å². The Hall–Kier alpha value is -2.14.